The molecule has 0 aromatic heterocycles. The second-order valence-corrected chi connectivity index (χ2v) is 5.11. The van der Waals surface area contributed by atoms with Gasteiger partial charge in [-0.15, -0.1) is 0 Å². The molecule has 0 unspecified atom stereocenters. The van der Waals surface area contributed by atoms with E-state index < -0.39 is 6.10 Å². The van der Waals surface area contributed by atoms with E-state index in [4.69, 9.17) is 0 Å². The van der Waals surface area contributed by atoms with Crippen molar-refractivity contribution in [3.63, 3.8) is 0 Å². The lowest BCUT2D eigenvalue weighted by molar-refractivity contribution is 0.0850. The number of aromatic hydroxyl groups is 2. The summed E-state index contributed by atoms with van der Waals surface area (Å²) in [6.45, 7) is 1.77. The number of hydrogen-bond donors (Lipinski definition) is 3. The molecule has 2 aromatic carbocycles. The number of ketones is 1. The molecular formula is C15H14O4. The van der Waals surface area contributed by atoms with Crippen molar-refractivity contribution in [3.05, 3.63) is 34.9 Å². The monoisotopic (exact) mass is 258 g/mol. The van der Waals surface area contributed by atoms with Crippen molar-refractivity contribution in [1.82, 2.24) is 0 Å². The smallest absolute Gasteiger partial charge is 0.169 e. The molecule has 98 valence electrons. The predicted molar refractivity (Wildman–Crippen MR) is 70.7 cm³/mol. The molecule has 3 N–H and O–H groups in total. The summed E-state index contributed by atoms with van der Waals surface area (Å²) >= 11 is 0. The Bertz CT molecular complexity index is 703. The van der Waals surface area contributed by atoms with Crippen LogP contribution in [-0.2, 0) is 6.42 Å². The zero-order valence-electron chi connectivity index (χ0n) is 10.5. The number of aliphatic hydroxyl groups is 1. The molecule has 0 amide bonds. The first-order chi connectivity index (χ1) is 8.97. The van der Waals surface area contributed by atoms with Crippen LogP contribution in [0, 0.1) is 6.92 Å². The SMILES string of the molecule is Cc1cc(O)cc2cc3c(c(O)c12)C(=O)C[C@@H](O)C3. The van der Waals surface area contributed by atoms with Crippen molar-refractivity contribution in [3.8, 4) is 11.5 Å². The van der Waals surface area contributed by atoms with Crippen LogP contribution in [0.3, 0.4) is 0 Å². The largest absolute Gasteiger partial charge is 0.508 e. The number of fused-ring (bicyclic) bond motifs is 2. The Morgan fingerprint density at radius 1 is 1.16 bits per heavy atom. The fourth-order valence-electron chi connectivity index (χ4n) is 2.88. The second kappa shape index (κ2) is 3.96. The molecule has 0 saturated heterocycles. The van der Waals surface area contributed by atoms with Crippen molar-refractivity contribution in [2.75, 3.05) is 0 Å². The van der Waals surface area contributed by atoms with E-state index in [0.717, 1.165) is 0 Å². The maximum atomic E-state index is 12.0. The summed E-state index contributed by atoms with van der Waals surface area (Å²) in [5.41, 5.74) is 1.67. The summed E-state index contributed by atoms with van der Waals surface area (Å²) in [4.78, 5) is 12.0. The number of rotatable bonds is 0. The van der Waals surface area contributed by atoms with Crippen LogP contribution < -0.4 is 0 Å². The first kappa shape index (κ1) is 12.0. The van der Waals surface area contributed by atoms with E-state index in [9.17, 15) is 20.1 Å². The summed E-state index contributed by atoms with van der Waals surface area (Å²) in [5.74, 6) is -0.158. The van der Waals surface area contributed by atoms with E-state index in [-0.39, 0.29) is 23.7 Å². The second-order valence-electron chi connectivity index (χ2n) is 5.11. The molecule has 0 fully saturated rings. The maximum absolute atomic E-state index is 12.0. The molecule has 4 nitrogen and oxygen atoms in total. The lowest BCUT2D eigenvalue weighted by Crippen LogP contribution is -2.24. The van der Waals surface area contributed by atoms with Crippen LogP contribution in [0.5, 0.6) is 11.5 Å². The number of carbonyl (C=O) groups is 1. The molecule has 1 atom stereocenters. The first-order valence-electron chi connectivity index (χ1n) is 6.17. The van der Waals surface area contributed by atoms with Crippen LogP contribution in [0.4, 0.5) is 0 Å². The number of aryl methyl sites for hydroxylation is 1. The number of benzene rings is 2. The summed E-state index contributed by atoms with van der Waals surface area (Å²) in [6, 6.07) is 4.86. The Hall–Kier alpha value is -2.07. The molecule has 1 aliphatic carbocycles. The molecule has 0 bridgehead atoms. The van der Waals surface area contributed by atoms with E-state index in [2.05, 4.69) is 0 Å². The van der Waals surface area contributed by atoms with Gasteiger partial charge in [0, 0.05) is 11.8 Å². The lowest BCUT2D eigenvalue weighted by Gasteiger charge is -2.22. The molecule has 0 radical (unpaired) electrons. The topological polar surface area (TPSA) is 77.8 Å². The van der Waals surface area contributed by atoms with Crippen molar-refractivity contribution in [1.29, 1.82) is 0 Å². The van der Waals surface area contributed by atoms with Crippen LogP contribution in [0.25, 0.3) is 10.8 Å². The average Bonchev–Trinajstić information content (AvgIpc) is 2.25. The number of aliphatic hydroxyl groups excluding tert-OH is 1. The minimum atomic E-state index is -0.699. The van der Waals surface area contributed by atoms with Crippen molar-refractivity contribution < 1.29 is 20.1 Å². The number of phenols is 2. The van der Waals surface area contributed by atoms with Crippen LogP contribution in [0.2, 0.25) is 0 Å². The van der Waals surface area contributed by atoms with E-state index in [1.165, 1.54) is 0 Å². The van der Waals surface area contributed by atoms with Gasteiger partial charge in [-0.05, 0) is 48.1 Å². The van der Waals surface area contributed by atoms with Crippen LogP contribution in [-0.4, -0.2) is 27.2 Å². The first-order valence-corrected chi connectivity index (χ1v) is 6.17. The Morgan fingerprint density at radius 2 is 1.89 bits per heavy atom. The highest BCUT2D eigenvalue weighted by molar-refractivity contribution is 6.08. The Balaban J connectivity index is 2.40. The molecule has 0 saturated carbocycles. The fourth-order valence-corrected chi connectivity index (χ4v) is 2.88. The highest BCUT2D eigenvalue weighted by Crippen LogP contribution is 2.39. The highest BCUT2D eigenvalue weighted by atomic mass is 16.3. The van der Waals surface area contributed by atoms with E-state index in [1.807, 2.05) is 0 Å². The van der Waals surface area contributed by atoms with Crippen molar-refractivity contribution in [2.24, 2.45) is 0 Å². The Kier molecular flexibility index (Phi) is 2.50. The van der Waals surface area contributed by atoms with Crippen LogP contribution in [0.15, 0.2) is 18.2 Å². The predicted octanol–water partition coefficient (Wildman–Crippen LogP) is 2.05. The van der Waals surface area contributed by atoms with Gasteiger partial charge >= 0.3 is 0 Å². The Labute approximate surface area is 109 Å². The number of phenolic OH excluding ortho intramolecular Hbond substituents is 2. The van der Waals surface area contributed by atoms with Gasteiger partial charge in [0.15, 0.2) is 5.78 Å². The average molecular weight is 258 g/mol. The fraction of sp³-hybridized carbons (Fsp3) is 0.267. The third kappa shape index (κ3) is 1.76. The zero-order valence-corrected chi connectivity index (χ0v) is 10.5. The van der Waals surface area contributed by atoms with Crippen LogP contribution >= 0.6 is 0 Å². The summed E-state index contributed by atoms with van der Waals surface area (Å²) in [6.07, 6.45) is -0.307. The van der Waals surface area contributed by atoms with E-state index >= 15 is 0 Å². The van der Waals surface area contributed by atoms with Gasteiger partial charge in [0.05, 0.1) is 11.7 Å². The minimum absolute atomic E-state index is 0.0399. The van der Waals surface area contributed by atoms with Gasteiger partial charge in [-0.1, -0.05) is 0 Å². The standard InChI is InChI=1S/C15H14O4/c1-7-2-10(16)4-8-3-9-5-11(17)6-12(18)14(9)15(19)13(7)8/h2-4,11,16-17,19H,5-6H2,1H3/t11-/m0/s1. The molecule has 2 aromatic rings. The van der Waals surface area contributed by atoms with Gasteiger partial charge in [0.25, 0.3) is 0 Å². The molecule has 0 heterocycles. The molecule has 0 aliphatic heterocycles. The Morgan fingerprint density at radius 3 is 2.63 bits per heavy atom. The van der Waals surface area contributed by atoms with Gasteiger partial charge in [-0.25, -0.2) is 0 Å². The summed E-state index contributed by atoms with van der Waals surface area (Å²) in [7, 11) is 0. The van der Waals surface area contributed by atoms with E-state index in [0.29, 0.717) is 33.9 Å². The van der Waals surface area contributed by atoms with Crippen molar-refractivity contribution in [2.45, 2.75) is 25.9 Å². The van der Waals surface area contributed by atoms with E-state index in [1.54, 1.807) is 25.1 Å². The zero-order chi connectivity index (χ0) is 13.7. The summed E-state index contributed by atoms with van der Waals surface area (Å²) < 4.78 is 0. The highest BCUT2D eigenvalue weighted by Gasteiger charge is 2.28. The van der Waals surface area contributed by atoms with Crippen molar-refractivity contribution >= 4 is 16.6 Å². The molecular weight excluding hydrogens is 244 g/mol. The third-order valence-corrected chi connectivity index (χ3v) is 3.63. The summed E-state index contributed by atoms with van der Waals surface area (Å²) in [5, 5.41) is 30.9. The van der Waals surface area contributed by atoms with Crippen LogP contribution in [0.1, 0.15) is 27.9 Å². The van der Waals surface area contributed by atoms with Gasteiger partial charge in [0.2, 0.25) is 0 Å². The van der Waals surface area contributed by atoms with Gasteiger partial charge in [-0.2, -0.15) is 0 Å². The molecule has 4 heteroatoms. The molecule has 0 spiro atoms. The molecule has 1 aliphatic rings. The minimum Gasteiger partial charge on any atom is -0.508 e. The number of hydrogen-bond acceptors (Lipinski definition) is 4. The number of carbonyl (C=O) groups excluding carboxylic acids is 1. The number of Topliss-reactive ketones (excluding diaryl/α,β-unsaturated/α-hetero) is 1. The normalized spacial score (nSPS) is 18.6. The molecule has 19 heavy (non-hydrogen) atoms. The lowest BCUT2D eigenvalue weighted by atomic mass is 9.85. The van der Waals surface area contributed by atoms with Gasteiger partial charge in [0.1, 0.15) is 11.5 Å². The maximum Gasteiger partial charge on any atom is 0.169 e. The van der Waals surface area contributed by atoms with Gasteiger partial charge < -0.3 is 15.3 Å². The van der Waals surface area contributed by atoms with Gasteiger partial charge in [-0.3, -0.25) is 4.79 Å². The molecule has 3 rings (SSSR count). The third-order valence-electron chi connectivity index (χ3n) is 3.63. The quantitative estimate of drug-likeness (QED) is 0.675.